The highest BCUT2D eigenvalue weighted by atomic mass is 35.5. The van der Waals surface area contributed by atoms with E-state index in [1.807, 2.05) is 0 Å². The van der Waals surface area contributed by atoms with Gasteiger partial charge in [0.25, 0.3) is 0 Å². The van der Waals surface area contributed by atoms with Gasteiger partial charge in [0.1, 0.15) is 10.9 Å². The number of pyridine rings is 1. The van der Waals surface area contributed by atoms with Crippen molar-refractivity contribution >= 4 is 17.6 Å². The van der Waals surface area contributed by atoms with E-state index in [4.69, 9.17) is 21.1 Å². The lowest BCUT2D eigenvalue weighted by Crippen LogP contribution is -2.08. The molecule has 92 valence electrons. The third kappa shape index (κ3) is 2.52. The highest BCUT2D eigenvalue weighted by Crippen LogP contribution is 2.50. The van der Waals surface area contributed by atoms with Crippen LogP contribution in [0.2, 0.25) is 5.15 Å². The number of nitrogens with zero attached hydrogens (tertiary/aromatic N) is 1. The Bertz CT molecular complexity index is 436. The fraction of sp³-hybridized carbons (Fsp3) is 0.500. The fourth-order valence-corrected chi connectivity index (χ4v) is 2.04. The van der Waals surface area contributed by atoms with Crippen LogP contribution >= 0.6 is 11.6 Å². The zero-order valence-electron chi connectivity index (χ0n) is 9.77. The second-order valence-corrected chi connectivity index (χ2v) is 4.31. The van der Waals surface area contributed by atoms with Crippen LogP contribution in [0, 0.1) is 5.92 Å². The summed E-state index contributed by atoms with van der Waals surface area (Å²) in [6.45, 7) is 2.20. The van der Waals surface area contributed by atoms with Gasteiger partial charge in [-0.15, -0.1) is 0 Å². The lowest BCUT2D eigenvalue weighted by Gasteiger charge is -2.07. The lowest BCUT2D eigenvalue weighted by molar-refractivity contribution is -0.144. The summed E-state index contributed by atoms with van der Waals surface area (Å²) in [5.74, 6) is 0.477. The third-order valence-corrected chi connectivity index (χ3v) is 3.01. The SMILES string of the molecule is CCOC(=O)[C@H]1C[C@@H]1c1nc(Cl)ccc1OC. The highest BCUT2D eigenvalue weighted by Gasteiger charge is 2.47. The van der Waals surface area contributed by atoms with E-state index in [9.17, 15) is 4.79 Å². The Morgan fingerprint density at radius 3 is 3.00 bits per heavy atom. The van der Waals surface area contributed by atoms with Crippen LogP contribution in [0.25, 0.3) is 0 Å². The molecule has 4 nitrogen and oxygen atoms in total. The van der Waals surface area contributed by atoms with Crippen molar-refractivity contribution < 1.29 is 14.3 Å². The molecule has 2 atom stereocenters. The molecule has 1 aliphatic rings. The van der Waals surface area contributed by atoms with Gasteiger partial charge in [-0.3, -0.25) is 4.79 Å². The zero-order chi connectivity index (χ0) is 12.4. The Kier molecular flexibility index (Phi) is 3.52. The summed E-state index contributed by atoms with van der Waals surface area (Å²) < 4.78 is 10.2. The molecule has 1 aliphatic carbocycles. The molecule has 1 saturated carbocycles. The van der Waals surface area contributed by atoms with E-state index in [0.717, 1.165) is 12.1 Å². The molecule has 0 bridgehead atoms. The second-order valence-electron chi connectivity index (χ2n) is 3.92. The third-order valence-electron chi connectivity index (χ3n) is 2.80. The second kappa shape index (κ2) is 4.92. The monoisotopic (exact) mass is 255 g/mol. The van der Waals surface area contributed by atoms with Gasteiger partial charge in [-0.1, -0.05) is 11.6 Å². The van der Waals surface area contributed by atoms with Crippen molar-refractivity contribution in [3.8, 4) is 5.75 Å². The summed E-state index contributed by atoms with van der Waals surface area (Å²) in [5, 5.41) is 0.412. The largest absolute Gasteiger partial charge is 0.495 e. The molecule has 5 heteroatoms. The van der Waals surface area contributed by atoms with Crippen LogP contribution < -0.4 is 4.74 Å². The average Bonchev–Trinajstić information content (AvgIpc) is 3.09. The van der Waals surface area contributed by atoms with E-state index < -0.39 is 0 Å². The number of aromatic nitrogens is 1. The molecule has 0 radical (unpaired) electrons. The first-order valence-corrected chi connectivity index (χ1v) is 5.92. The summed E-state index contributed by atoms with van der Waals surface area (Å²) in [5.41, 5.74) is 0.748. The molecule has 0 N–H and O–H groups in total. The van der Waals surface area contributed by atoms with Crippen molar-refractivity contribution in [1.29, 1.82) is 0 Å². The van der Waals surface area contributed by atoms with Crippen LogP contribution in [-0.4, -0.2) is 24.7 Å². The van der Waals surface area contributed by atoms with Gasteiger partial charge in [0.2, 0.25) is 0 Å². The molecule has 1 aromatic rings. The number of halogens is 1. The first-order valence-electron chi connectivity index (χ1n) is 5.54. The van der Waals surface area contributed by atoms with Gasteiger partial charge in [-0.05, 0) is 25.5 Å². The van der Waals surface area contributed by atoms with Crippen LogP contribution in [0.4, 0.5) is 0 Å². The first kappa shape index (κ1) is 12.2. The van der Waals surface area contributed by atoms with Crippen molar-refractivity contribution in [1.82, 2.24) is 4.98 Å². The van der Waals surface area contributed by atoms with Crippen LogP contribution in [0.3, 0.4) is 0 Å². The Balaban J connectivity index is 2.14. The number of methoxy groups -OCH3 is 1. The standard InChI is InChI=1S/C12H14ClNO3/c1-3-17-12(15)8-6-7(8)11-9(16-2)4-5-10(13)14-11/h4-5,7-8H,3,6H2,1-2H3/t7-,8-/m0/s1. The van der Waals surface area contributed by atoms with E-state index in [1.54, 1.807) is 26.2 Å². The predicted molar refractivity (Wildman–Crippen MR) is 63.3 cm³/mol. The summed E-state index contributed by atoms with van der Waals surface area (Å²) in [6, 6.07) is 3.44. The van der Waals surface area contributed by atoms with Crippen LogP contribution in [-0.2, 0) is 9.53 Å². The van der Waals surface area contributed by atoms with Crippen LogP contribution in [0.5, 0.6) is 5.75 Å². The summed E-state index contributed by atoms with van der Waals surface area (Å²) in [4.78, 5) is 15.8. The molecule has 0 aromatic carbocycles. The minimum atomic E-state index is -0.165. The molecular weight excluding hydrogens is 242 g/mol. The maximum absolute atomic E-state index is 11.5. The molecule has 0 unspecified atom stereocenters. The van der Waals surface area contributed by atoms with Crippen LogP contribution in [0.15, 0.2) is 12.1 Å². The van der Waals surface area contributed by atoms with Crippen molar-refractivity contribution in [2.75, 3.05) is 13.7 Å². The first-order chi connectivity index (χ1) is 8.17. The number of hydrogen-bond donors (Lipinski definition) is 0. The molecule has 1 heterocycles. The Hall–Kier alpha value is -1.29. The zero-order valence-corrected chi connectivity index (χ0v) is 10.5. The van der Waals surface area contributed by atoms with E-state index >= 15 is 0 Å². The van der Waals surface area contributed by atoms with E-state index in [-0.39, 0.29) is 17.8 Å². The van der Waals surface area contributed by atoms with Gasteiger partial charge in [-0.25, -0.2) is 4.98 Å². The van der Waals surface area contributed by atoms with Crippen molar-refractivity contribution in [2.45, 2.75) is 19.3 Å². The number of carbonyl (C=O) groups is 1. The van der Waals surface area contributed by atoms with Crippen molar-refractivity contribution in [2.24, 2.45) is 5.92 Å². The van der Waals surface area contributed by atoms with E-state index in [0.29, 0.717) is 17.5 Å². The molecule has 0 amide bonds. The summed E-state index contributed by atoms with van der Waals surface area (Å²) >= 11 is 5.85. The molecule has 1 fully saturated rings. The topological polar surface area (TPSA) is 48.4 Å². The Morgan fingerprint density at radius 1 is 1.59 bits per heavy atom. The van der Waals surface area contributed by atoms with Crippen molar-refractivity contribution in [3.63, 3.8) is 0 Å². The quantitative estimate of drug-likeness (QED) is 0.612. The van der Waals surface area contributed by atoms with Crippen molar-refractivity contribution in [3.05, 3.63) is 23.0 Å². The maximum atomic E-state index is 11.5. The minimum absolute atomic E-state index is 0.0719. The molecule has 0 aliphatic heterocycles. The predicted octanol–water partition coefficient (Wildman–Crippen LogP) is 2.41. The molecule has 2 rings (SSSR count). The normalized spacial score (nSPS) is 22.1. The van der Waals surface area contributed by atoms with Gasteiger partial charge in [0.15, 0.2) is 0 Å². The maximum Gasteiger partial charge on any atom is 0.309 e. The van der Waals surface area contributed by atoms with E-state index in [1.165, 1.54) is 0 Å². The van der Waals surface area contributed by atoms with Gasteiger partial charge in [0.05, 0.1) is 25.3 Å². The molecule has 0 saturated heterocycles. The summed E-state index contributed by atoms with van der Waals surface area (Å²) in [6.07, 6.45) is 0.753. The molecule has 17 heavy (non-hydrogen) atoms. The number of carbonyl (C=O) groups excluding carboxylic acids is 1. The molecule has 1 aromatic heterocycles. The molecule has 0 spiro atoms. The number of esters is 1. The highest BCUT2D eigenvalue weighted by molar-refractivity contribution is 6.29. The average molecular weight is 256 g/mol. The number of hydrogen-bond acceptors (Lipinski definition) is 4. The van der Waals surface area contributed by atoms with Crippen LogP contribution in [0.1, 0.15) is 25.0 Å². The Labute approximate surface area is 105 Å². The molecular formula is C12H14ClNO3. The number of ether oxygens (including phenoxy) is 2. The Morgan fingerprint density at radius 2 is 2.35 bits per heavy atom. The fourth-order valence-electron chi connectivity index (χ4n) is 1.88. The minimum Gasteiger partial charge on any atom is -0.495 e. The lowest BCUT2D eigenvalue weighted by atomic mass is 10.2. The van der Waals surface area contributed by atoms with E-state index in [2.05, 4.69) is 4.98 Å². The number of rotatable bonds is 4. The summed E-state index contributed by atoms with van der Waals surface area (Å²) in [7, 11) is 1.58. The van der Waals surface area contributed by atoms with Gasteiger partial charge < -0.3 is 9.47 Å². The van der Waals surface area contributed by atoms with Gasteiger partial charge in [0, 0.05) is 5.92 Å². The van der Waals surface area contributed by atoms with Gasteiger partial charge >= 0.3 is 5.97 Å². The van der Waals surface area contributed by atoms with Gasteiger partial charge in [-0.2, -0.15) is 0 Å². The smallest absolute Gasteiger partial charge is 0.309 e.